The fourth-order valence-electron chi connectivity index (χ4n) is 1.21. The Morgan fingerprint density at radius 3 is 2.09 bits per heavy atom. The summed E-state index contributed by atoms with van der Waals surface area (Å²) in [4.78, 5) is 0. The zero-order chi connectivity index (χ0) is 8.74. The maximum absolute atomic E-state index is 9.00. The fraction of sp³-hybridized carbons (Fsp3) is 1.00. The second kappa shape index (κ2) is 5.52. The third kappa shape index (κ3) is 3.18. The van der Waals surface area contributed by atoms with Gasteiger partial charge in [-0.2, -0.15) is 0 Å². The zero-order valence-electron chi connectivity index (χ0n) is 7.34. The molecule has 0 fully saturated rings. The van der Waals surface area contributed by atoms with Crippen molar-refractivity contribution in [2.24, 2.45) is 5.41 Å². The number of methoxy groups -OCH3 is 1. The SMILES string of the molecule is CCCC(CO)(CO)COC. The highest BCUT2D eigenvalue weighted by Crippen LogP contribution is 2.22. The minimum Gasteiger partial charge on any atom is -0.396 e. The van der Waals surface area contributed by atoms with Crippen molar-refractivity contribution in [2.75, 3.05) is 26.9 Å². The van der Waals surface area contributed by atoms with Crippen molar-refractivity contribution >= 4 is 0 Å². The van der Waals surface area contributed by atoms with Gasteiger partial charge in [-0.25, -0.2) is 0 Å². The topological polar surface area (TPSA) is 49.7 Å². The second-order valence-corrected chi connectivity index (χ2v) is 3.00. The van der Waals surface area contributed by atoms with Crippen LogP contribution in [0.1, 0.15) is 19.8 Å². The summed E-state index contributed by atoms with van der Waals surface area (Å²) < 4.78 is 4.92. The molecule has 0 aliphatic carbocycles. The van der Waals surface area contributed by atoms with Gasteiger partial charge in [0.15, 0.2) is 0 Å². The van der Waals surface area contributed by atoms with Crippen LogP contribution in [-0.2, 0) is 4.74 Å². The van der Waals surface area contributed by atoms with Gasteiger partial charge in [-0.1, -0.05) is 13.3 Å². The lowest BCUT2D eigenvalue weighted by Gasteiger charge is -2.28. The lowest BCUT2D eigenvalue weighted by Crippen LogP contribution is -2.34. The minimum absolute atomic E-state index is 0.00875. The highest BCUT2D eigenvalue weighted by molar-refractivity contribution is 4.76. The monoisotopic (exact) mass is 162 g/mol. The largest absolute Gasteiger partial charge is 0.396 e. The molecule has 2 N–H and O–H groups in total. The summed E-state index contributed by atoms with van der Waals surface area (Å²) >= 11 is 0. The molecule has 0 aliphatic rings. The molecule has 3 nitrogen and oxygen atoms in total. The van der Waals surface area contributed by atoms with Crippen molar-refractivity contribution < 1.29 is 14.9 Å². The van der Waals surface area contributed by atoms with E-state index in [1.54, 1.807) is 7.11 Å². The van der Waals surface area contributed by atoms with Crippen LogP contribution in [0.4, 0.5) is 0 Å². The third-order valence-corrected chi connectivity index (χ3v) is 1.90. The first-order chi connectivity index (χ1) is 5.24. The number of hydrogen-bond donors (Lipinski definition) is 2. The van der Waals surface area contributed by atoms with E-state index in [9.17, 15) is 0 Å². The van der Waals surface area contributed by atoms with Gasteiger partial charge in [-0.05, 0) is 6.42 Å². The number of hydrogen-bond acceptors (Lipinski definition) is 3. The van der Waals surface area contributed by atoms with Crippen LogP contribution >= 0.6 is 0 Å². The Balaban J connectivity index is 3.96. The van der Waals surface area contributed by atoms with Crippen molar-refractivity contribution in [1.29, 1.82) is 0 Å². The smallest absolute Gasteiger partial charge is 0.0562 e. The van der Waals surface area contributed by atoms with Crippen molar-refractivity contribution in [3.05, 3.63) is 0 Å². The molecule has 0 aromatic carbocycles. The number of rotatable bonds is 6. The first-order valence-electron chi connectivity index (χ1n) is 3.95. The van der Waals surface area contributed by atoms with E-state index in [1.165, 1.54) is 0 Å². The number of ether oxygens (including phenoxy) is 1. The Labute approximate surface area is 68.0 Å². The first-order valence-corrected chi connectivity index (χ1v) is 3.95. The summed E-state index contributed by atoms with van der Waals surface area (Å²) in [5.74, 6) is 0. The molecular weight excluding hydrogens is 144 g/mol. The lowest BCUT2D eigenvalue weighted by molar-refractivity contribution is -0.0175. The Kier molecular flexibility index (Phi) is 5.46. The van der Waals surface area contributed by atoms with Crippen LogP contribution in [0, 0.1) is 5.41 Å². The van der Waals surface area contributed by atoms with Gasteiger partial charge in [0.1, 0.15) is 0 Å². The van der Waals surface area contributed by atoms with Gasteiger partial charge >= 0.3 is 0 Å². The van der Waals surface area contributed by atoms with Gasteiger partial charge in [-0.15, -0.1) is 0 Å². The number of aliphatic hydroxyl groups is 2. The summed E-state index contributed by atoms with van der Waals surface area (Å²) in [5.41, 5.74) is -0.427. The molecule has 68 valence electrons. The fourth-order valence-corrected chi connectivity index (χ4v) is 1.21. The molecule has 0 amide bonds. The molecule has 0 aromatic heterocycles. The van der Waals surface area contributed by atoms with Crippen molar-refractivity contribution in [1.82, 2.24) is 0 Å². The van der Waals surface area contributed by atoms with Crippen molar-refractivity contribution in [3.63, 3.8) is 0 Å². The zero-order valence-corrected chi connectivity index (χ0v) is 7.34. The van der Waals surface area contributed by atoms with Gasteiger partial charge in [0.05, 0.1) is 19.8 Å². The molecule has 0 aromatic rings. The Morgan fingerprint density at radius 1 is 1.27 bits per heavy atom. The summed E-state index contributed by atoms with van der Waals surface area (Å²) in [6, 6.07) is 0. The van der Waals surface area contributed by atoms with Crippen molar-refractivity contribution in [3.8, 4) is 0 Å². The predicted octanol–water partition coefficient (Wildman–Crippen LogP) is 0.404. The third-order valence-electron chi connectivity index (χ3n) is 1.90. The molecule has 0 saturated carbocycles. The van der Waals surface area contributed by atoms with Crippen molar-refractivity contribution in [2.45, 2.75) is 19.8 Å². The minimum atomic E-state index is -0.427. The summed E-state index contributed by atoms with van der Waals surface area (Å²) in [7, 11) is 1.58. The molecule has 0 radical (unpaired) electrons. The molecule has 11 heavy (non-hydrogen) atoms. The van der Waals surface area contributed by atoms with Gasteiger partial charge in [0.2, 0.25) is 0 Å². The second-order valence-electron chi connectivity index (χ2n) is 3.00. The highest BCUT2D eigenvalue weighted by Gasteiger charge is 2.27. The van der Waals surface area contributed by atoms with E-state index in [0.717, 1.165) is 12.8 Å². The van der Waals surface area contributed by atoms with Crippen LogP contribution < -0.4 is 0 Å². The highest BCUT2D eigenvalue weighted by atomic mass is 16.5. The van der Waals surface area contributed by atoms with Gasteiger partial charge in [0.25, 0.3) is 0 Å². The van der Waals surface area contributed by atoms with E-state index >= 15 is 0 Å². The predicted molar refractivity (Wildman–Crippen MR) is 43.4 cm³/mol. The standard InChI is InChI=1S/C8H18O3/c1-3-4-8(5-9,6-10)7-11-2/h9-10H,3-7H2,1-2H3. The molecule has 0 heterocycles. The van der Waals surface area contributed by atoms with Gasteiger partial charge in [-0.3, -0.25) is 0 Å². The Bertz CT molecular complexity index is 81.3. The van der Waals surface area contributed by atoms with Gasteiger partial charge < -0.3 is 14.9 Å². The van der Waals surface area contributed by atoms with E-state index in [-0.39, 0.29) is 13.2 Å². The molecule has 0 bridgehead atoms. The molecule has 0 saturated heterocycles. The summed E-state index contributed by atoms with van der Waals surface area (Å²) in [6.45, 7) is 2.43. The average molecular weight is 162 g/mol. The maximum atomic E-state index is 9.00. The van der Waals surface area contributed by atoms with Crippen LogP contribution in [0.5, 0.6) is 0 Å². The van der Waals surface area contributed by atoms with E-state index in [0.29, 0.717) is 6.61 Å². The maximum Gasteiger partial charge on any atom is 0.0562 e. The molecule has 3 heteroatoms. The van der Waals surface area contributed by atoms with Crippen LogP contribution in [0.15, 0.2) is 0 Å². The molecule has 0 rings (SSSR count). The quantitative estimate of drug-likeness (QED) is 0.594. The van der Waals surface area contributed by atoms with E-state index in [4.69, 9.17) is 14.9 Å². The van der Waals surface area contributed by atoms with Crippen LogP contribution in [0.25, 0.3) is 0 Å². The molecule has 0 aliphatic heterocycles. The van der Waals surface area contributed by atoms with E-state index in [2.05, 4.69) is 0 Å². The van der Waals surface area contributed by atoms with Crippen LogP contribution in [0.3, 0.4) is 0 Å². The van der Waals surface area contributed by atoms with Gasteiger partial charge in [0, 0.05) is 12.5 Å². The molecular formula is C8H18O3. The molecule has 0 unspecified atom stereocenters. The van der Waals surface area contributed by atoms with Crippen LogP contribution in [0.2, 0.25) is 0 Å². The Hall–Kier alpha value is -0.120. The summed E-state index contributed by atoms with van der Waals surface area (Å²) in [6.07, 6.45) is 1.75. The Morgan fingerprint density at radius 2 is 1.82 bits per heavy atom. The summed E-state index contributed by atoms with van der Waals surface area (Å²) in [5, 5.41) is 18.0. The molecule has 0 spiro atoms. The molecule has 0 atom stereocenters. The number of aliphatic hydroxyl groups excluding tert-OH is 2. The normalized spacial score (nSPS) is 12.0. The van der Waals surface area contributed by atoms with Crippen LogP contribution in [-0.4, -0.2) is 37.1 Å². The average Bonchev–Trinajstić information content (AvgIpc) is 2.04. The first kappa shape index (κ1) is 10.9. The lowest BCUT2D eigenvalue weighted by atomic mass is 9.86. The van der Waals surface area contributed by atoms with E-state index < -0.39 is 5.41 Å². The van der Waals surface area contributed by atoms with E-state index in [1.807, 2.05) is 6.92 Å².